The molecule has 7 rings (SSSR count). The Hall–Kier alpha value is -6.30. The molecule has 0 bridgehead atoms. The van der Waals surface area contributed by atoms with E-state index < -0.39 is 59.7 Å². The number of aliphatic imine (C=N–C) groups is 1. The summed E-state index contributed by atoms with van der Waals surface area (Å²) >= 11 is 6.56. The van der Waals surface area contributed by atoms with E-state index in [9.17, 15) is 18.4 Å². The van der Waals surface area contributed by atoms with E-state index in [1.807, 2.05) is 20.8 Å². The number of rotatable bonds is 10. The van der Waals surface area contributed by atoms with Crippen LogP contribution in [-0.4, -0.2) is 77.9 Å². The van der Waals surface area contributed by atoms with E-state index in [1.165, 1.54) is 49.8 Å². The van der Waals surface area contributed by atoms with Crippen molar-refractivity contribution in [1.29, 1.82) is 0 Å². The molecule has 2 atom stereocenters. The summed E-state index contributed by atoms with van der Waals surface area (Å²) in [6, 6.07) is 18.6. The number of nitrogens with one attached hydrogen (secondary N) is 2. The van der Waals surface area contributed by atoms with Gasteiger partial charge >= 0.3 is 24.7 Å². The van der Waals surface area contributed by atoms with Crippen LogP contribution < -0.4 is 5.32 Å². The van der Waals surface area contributed by atoms with E-state index in [1.54, 1.807) is 42.5 Å². The molecular formula is C40H38ClF4N9O5. The van der Waals surface area contributed by atoms with Crippen molar-refractivity contribution < 1.29 is 41.4 Å². The van der Waals surface area contributed by atoms with Gasteiger partial charge in [0.05, 0.1) is 24.4 Å². The Kier molecular flexibility index (Phi) is 10.7. The molecule has 2 aliphatic heterocycles. The lowest BCUT2D eigenvalue weighted by Crippen LogP contribution is -2.82. The molecule has 2 aromatic heterocycles. The van der Waals surface area contributed by atoms with E-state index in [0.29, 0.717) is 31.2 Å². The lowest BCUT2D eigenvalue weighted by Gasteiger charge is -2.60. The second-order valence-corrected chi connectivity index (χ2v) is 15.5. The summed E-state index contributed by atoms with van der Waals surface area (Å²) < 4.78 is 72.4. The number of hydrogen-bond donors (Lipinski definition) is 2. The van der Waals surface area contributed by atoms with Crippen molar-refractivity contribution in [2.24, 2.45) is 10.4 Å². The molecule has 2 unspecified atom stereocenters. The highest BCUT2D eigenvalue weighted by molar-refractivity contribution is 6.33. The average molecular weight is 836 g/mol. The molecule has 2 N–H and O–H groups in total. The average Bonchev–Trinajstić information content (AvgIpc) is 3.96. The molecule has 0 radical (unpaired) electrons. The van der Waals surface area contributed by atoms with Gasteiger partial charge in [-0.25, -0.2) is 29.1 Å². The Morgan fingerprint density at radius 3 is 2.32 bits per heavy atom. The molecule has 59 heavy (non-hydrogen) atoms. The summed E-state index contributed by atoms with van der Waals surface area (Å²) in [6.45, 7) is 2.46. The second-order valence-electron chi connectivity index (χ2n) is 15.1. The molecule has 3 aromatic carbocycles. The van der Waals surface area contributed by atoms with Gasteiger partial charge in [-0.2, -0.15) is 27.8 Å². The summed E-state index contributed by atoms with van der Waals surface area (Å²) in [4.78, 5) is 53.4. The minimum atomic E-state index is -3.93. The third-order valence-corrected chi connectivity index (χ3v) is 10.2. The lowest BCUT2D eigenvalue weighted by atomic mass is 9.74. The molecule has 308 valence electrons. The van der Waals surface area contributed by atoms with Crippen LogP contribution in [0.2, 0.25) is 5.02 Å². The first-order valence-electron chi connectivity index (χ1n) is 18.3. The summed E-state index contributed by atoms with van der Waals surface area (Å²) in [5.41, 5.74) is -4.36. The minimum Gasteiger partial charge on any atom is -0.450 e. The van der Waals surface area contributed by atoms with Gasteiger partial charge in [0, 0.05) is 22.9 Å². The Labute approximate surface area is 340 Å². The van der Waals surface area contributed by atoms with Crippen molar-refractivity contribution in [1.82, 2.24) is 40.1 Å². The number of alkyl carbamates (subject to hydrolysis) is 1. The zero-order valence-electron chi connectivity index (χ0n) is 32.1. The zero-order chi connectivity index (χ0) is 42.3. The number of ether oxygens (including phenoxy) is 2. The normalized spacial score (nSPS) is 20.0. The van der Waals surface area contributed by atoms with Gasteiger partial charge in [-0.3, -0.25) is 20.1 Å². The van der Waals surface area contributed by atoms with Crippen LogP contribution in [0, 0.1) is 5.41 Å². The fourth-order valence-corrected chi connectivity index (χ4v) is 7.67. The fourth-order valence-electron chi connectivity index (χ4n) is 7.47. The van der Waals surface area contributed by atoms with Gasteiger partial charge in [-0.15, -0.1) is 0 Å². The van der Waals surface area contributed by atoms with Crippen LogP contribution in [0.4, 0.5) is 27.2 Å². The Balaban J connectivity index is 1.43. The van der Waals surface area contributed by atoms with Crippen LogP contribution in [0.15, 0.2) is 96.5 Å². The number of halogens is 5. The molecule has 4 heterocycles. The Bertz CT molecular complexity index is 2390. The molecule has 5 aromatic rings. The number of aromatic nitrogens is 5. The number of carbonyl (C=O) groups is 3. The molecule has 3 amide bonds. The summed E-state index contributed by atoms with van der Waals surface area (Å²) in [5.74, 6) is -5.51. The van der Waals surface area contributed by atoms with Gasteiger partial charge in [0.25, 0.3) is 5.91 Å². The van der Waals surface area contributed by atoms with E-state index in [-0.39, 0.29) is 47.2 Å². The molecule has 14 nitrogen and oxygen atoms in total. The van der Waals surface area contributed by atoms with Gasteiger partial charge in [0.2, 0.25) is 11.6 Å². The van der Waals surface area contributed by atoms with Crippen LogP contribution in [0.5, 0.6) is 0 Å². The summed E-state index contributed by atoms with van der Waals surface area (Å²) in [5, 5.41) is 12.7. The predicted octanol–water partition coefficient (Wildman–Crippen LogP) is 8.10. The lowest BCUT2D eigenvalue weighted by molar-refractivity contribution is -0.280. The number of benzene rings is 3. The second kappa shape index (κ2) is 15.5. The number of guanidine groups is 1. The standard InChI is InChI=1S/C40H38ClF4N9O5/c1-5-58-36(57)52-22-39(44,45)40(52,28-15-16-30(41)29(17-28)31-46-23-47-51-31)54-32(55)38(21-37(2,3)4,50-34(54)49-35(56)59-20-24-9-7-6-8-10-24)27-13-11-25(12-14-27)26-18-48-53(19-26)33(42)43/h6-19,23,33H,5,20-22H2,1-4H3,(H,46,47,51)(H,49,50,56). The highest BCUT2D eigenvalue weighted by Crippen LogP contribution is 2.58. The molecule has 1 fully saturated rings. The quantitative estimate of drug-likeness (QED) is 0.134. The zero-order valence-corrected chi connectivity index (χ0v) is 32.9. The van der Waals surface area contributed by atoms with E-state index in [0.717, 1.165) is 6.20 Å². The monoisotopic (exact) mass is 835 g/mol. The molecule has 0 saturated carbocycles. The number of amides is 3. The van der Waals surface area contributed by atoms with Crippen LogP contribution in [-0.2, 0) is 32.1 Å². The predicted molar refractivity (Wildman–Crippen MR) is 206 cm³/mol. The van der Waals surface area contributed by atoms with Crippen LogP contribution in [0.3, 0.4) is 0 Å². The van der Waals surface area contributed by atoms with Crippen molar-refractivity contribution in [3.8, 4) is 22.5 Å². The number of alkyl halides is 4. The van der Waals surface area contributed by atoms with Crippen molar-refractivity contribution in [3.63, 3.8) is 0 Å². The first-order valence-corrected chi connectivity index (χ1v) is 18.7. The van der Waals surface area contributed by atoms with E-state index in [2.05, 4.69) is 25.6 Å². The maximum atomic E-state index is 17.2. The Morgan fingerprint density at radius 2 is 1.71 bits per heavy atom. The third-order valence-electron chi connectivity index (χ3n) is 9.88. The number of carbonyl (C=O) groups excluding carboxylic acids is 3. The molecule has 0 spiro atoms. The van der Waals surface area contributed by atoms with Crippen LogP contribution >= 0.6 is 11.6 Å². The number of nitrogens with zero attached hydrogens (tertiary/aromatic N) is 7. The largest absolute Gasteiger partial charge is 0.450 e. The van der Waals surface area contributed by atoms with Gasteiger partial charge in [0.1, 0.15) is 12.9 Å². The van der Waals surface area contributed by atoms with Gasteiger partial charge in [-0.1, -0.05) is 93.0 Å². The van der Waals surface area contributed by atoms with Gasteiger partial charge in [-0.05, 0) is 47.6 Å². The number of H-pyrrole nitrogens is 1. The highest BCUT2D eigenvalue weighted by Gasteiger charge is 2.78. The Morgan fingerprint density at radius 1 is 1.00 bits per heavy atom. The van der Waals surface area contributed by atoms with Crippen molar-refractivity contribution in [2.45, 2.75) is 64.4 Å². The van der Waals surface area contributed by atoms with Crippen molar-refractivity contribution in [2.75, 3.05) is 13.2 Å². The molecule has 2 aliphatic rings. The van der Waals surface area contributed by atoms with Crippen molar-refractivity contribution >= 4 is 35.7 Å². The third kappa shape index (κ3) is 7.36. The first-order chi connectivity index (χ1) is 28.0. The van der Waals surface area contributed by atoms with Crippen molar-refractivity contribution in [3.05, 3.63) is 113 Å². The first kappa shape index (κ1) is 40.9. The molecule has 0 aliphatic carbocycles. The minimum absolute atomic E-state index is 0.0801. The summed E-state index contributed by atoms with van der Waals surface area (Å²) in [7, 11) is 0. The highest BCUT2D eigenvalue weighted by atomic mass is 35.5. The fraction of sp³-hybridized carbons (Fsp3) is 0.325. The topological polar surface area (TPSA) is 160 Å². The van der Waals surface area contributed by atoms with Gasteiger partial charge < -0.3 is 9.47 Å². The number of likely N-dealkylation sites (tertiary alicyclic amines) is 1. The van der Waals surface area contributed by atoms with Crippen LogP contribution in [0.25, 0.3) is 22.5 Å². The maximum Gasteiger partial charge on any atom is 0.414 e. The summed E-state index contributed by atoms with van der Waals surface area (Å²) in [6.07, 6.45) is 1.17. The maximum absolute atomic E-state index is 17.2. The molecular weight excluding hydrogens is 798 g/mol. The smallest absolute Gasteiger partial charge is 0.414 e. The number of aromatic amines is 1. The molecule has 1 saturated heterocycles. The number of hydrogen-bond acceptors (Lipinski definition) is 9. The van der Waals surface area contributed by atoms with Gasteiger partial charge in [0.15, 0.2) is 11.4 Å². The van der Waals surface area contributed by atoms with Crippen LogP contribution in [0.1, 0.15) is 57.4 Å². The van der Waals surface area contributed by atoms with E-state index >= 15 is 13.6 Å². The SMILES string of the molecule is CCOC(=O)N1CC(F)(F)C1(c1ccc(Cl)c(-c2ncn[nH]2)c1)N1C(=O)C(CC(C)(C)C)(c2ccc(-c3cnn(C(F)F)c3)cc2)N=C1NC(=O)OCc1ccccc1. The van der Waals surface area contributed by atoms with E-state index in [4.69, 9.17) is 26.1 Å². The molecule has 19 heteroatoms.